The lowest BCUT2D eigenvalue weighted by Crippen LogP contribution is -2.34. The molecule has 5 rings (SSSR count). The molecule has 2 aromatic heterocycles. The van der Waals surface area contributed by atoms with Crippen molar-refractivity contribution in [2.45, 2.75) is 111 Å². The molecule has 1 aliphatic carbocycles. The van der Waals surface area contributed by atoms with Gasteiger partial charge in [-0.2, -0.15) is 0 Å². The molecule has 49 heavy (non-hydrogen) atoms. The van der Waals surface area contributed by atoms with Crippen LogP contribution < -0.4 is 5.56 Å². The Morgan fingerprint density at radius 2 is 1.57 bits per heavy atom. The lowest BCUT2D eigenvalue weighted by atomic mass is 9.81. The van der Waals surface area contributed by atoms with E-state index in [-0.39, 0.29) is 40.8 Å². The Labute approximate surface area is 284 Å². The van der Waals surface area contributed by atoms with Gasteiger partial charge in [-0.05, 0) is 97.9 Å². The number of alkyl halides is 3. The maximum Gasteiger partial charge on any atom is 0.267 e. The molecule has 1 saturated carbocycles. The number of nitrogens with zero attached hydrogens (tertiary/aromatic N) is 3. The van der Waals surface area contributed by atoms with Gasteiger partial charge in [0.15, 0.2) is 11.3 Å². The first-order valence-corrected chi connectivity index (χ1v) is 17.1. The molecular weight excluding hydrogens is 635 g/mol. The quantitative estimate of drug-likeness (QED) is 0.134. The summed E-state index contributed by atoms with van der Waals surface area (Å²) < 4.78 is 74.6. The monoisotopic (exact) mass is 680 g/mol. The van der Waals surface area contributed by atoms with Gasteiger partial charge in [-0.15, -0.1) is 0 Å². The normalized spacial score (nSPS) is 16.4. The molecule has 1 atom stereocenters. The molecule has 0 bridgehead atoms. The fourth-order valence-electron chi connectivity index (χ4n) is 7.10. The van der Waals surface area contributed by atoms with Gasteiger partial charge in [0.2, 0.25) is 5.92 Å². The van der Waals surface area contributed by atoms with E-state index in [1.165, 1.54) is 22.8 Å². The van der Waals surface area contributed by atoms with Crippen LogP contribution in [-0.4, -0.2) is 26.2 Å². The Morgan fingerprint density at radius 3 is 2.14 bits per heavy atom. The van der Waals surface area contributed by atoms with E-state index in [0.29, 0.717) is 22.5 Å². The average molecular weight is 681 g/mol. The van der Waals surface area contributed by atoms with Gasteiger partial charge in [-0.1, -0.05) is 47.1 Å². The fourth-order valence-corrected chi connectivity index (χ4v) is 7.10. The number of hydrogen-bond acceptors (Lipinski definition) is 4. The number of rotatable bonds is 10. The second-order valence-corrected chi connectivity index (χ2v) is 14.3. The first kappa shape index (κ1) is 36.3. The number of aromatic nitrogens is 3. The third kappa shape index (κ3) is 7.19. The van der Waals surface area contributed by atoms with Crippen LogP contribution in [0.15, 0.2) is 41.2 Å². The molecular formula is C39H45F5N4O. The lowest BCUT2D eigenvalue weighted by molar-refractivity contribution is -0.0784. The van der Waals surface area contributed by atoms with E-state index >= 15 is 4.39 Å². The lowest BCUT2D eigenvalue weighted by Gasteiger charge is -2.33. The van der Waals surface area contributed by atoms with Crippen LogP contribution >= 0.6 is 0 Å². The van der Waals surface area contributed by atoms with E-state index in [9.17, 15) is 22.4 Å². The molecule has 0 saturated heterocycles. The number of benzene rings is 2. The Morgan fingerprint density at radius 1 is 0.939 bits per heavy atom. The molecule has 4 aromatic rings. The van der Waals surface area contributed by atoms with Gasteiger partial charge < -0.3 is 5.41 Å². The SMILES string of the molecule is CCCc1ccc(-n2c(C(Cc3cc(F)cc(F)c3)C(C)C)nc3nc(C4(F)CCC(F)(F)CC4)cc(C)c3c2=O)c(C)c1C(=N)C(C)C. The summed E-state index contributed by atoms with van der Waals surface area (Å²) in [6, 6.07) is 8.55. The van der Waals surface area contributed by atoms with Crippen LogP contribution in [0.25, 0.3) is 16.7 Å². The molecule has 5 nitrogen and oxygen atoms in total. The number of nitrogens with one attached hydrogen (secondary N) is 1. The number of hydrogen-bond donors (Lipinski definition) is 1. The van der Waals surface area contributed by atoms with Crippen LogP contribution in [-0.2, 0) is 18.5 Å². The third-order valence-electron chi connectivity index (χ3n) is 9.94. The average Bonchev–Trinajstić information content (AvgIpc) is 3.01. The third-order valence-corrected chi connectivity index (χ3v) is 9.94. The Balaban J connectivity index is 1.83. The molecule has 1 unspecified atom stereocenters. The molecule has 1 fully saturated rings. The highest BCUT2D eigenvalue weighted by Gasteiger charge is 2.46. The van der Waals surface area contributed by atoms with Gasteiger partial charge in [-0.3, -0.25) is 9.36 Å². The molecule has 262 valence electrons. The van der Waals surface area contributed by atoms with Crippen molar-refractivity contribution in [2.75, 3.05) is 0 Å². The Bertz CT molecular complexity index is 1940. The summed E-state index contributed by atoms with van der Waals surface area (Å²) in [5, 5.41) is 9.18. The van der Waals surface area contributed by atoms with Crippen LogP contribution in [0.3, 0.4) is 0 Å². The topological polar surface area (TPSA) is 71.6 Å². The van der Waals surface area contributed by atoms with Gasteiger partial charge in [-0.25, -0.2) is 31.9 Å². The van der Waals surface area contributed by atoms with E-state index in [0.717, 1.165) is 35.6 Å². The molecule has 1 N–H and O–H groups in total. The van der Waals surface area contributed by atoms with Crippen molar-refractivity contribution in [3.63, 3.8) is 0 Å². The number of fused-ring (bicyclic) bond motifs is 1. The summed E-state index contributed by atoms with van der Waals surface area (Å²) >= 11 is 0. The number of pyridine rings is 1. The summed E-state index contributed by atoms with van der Waals surface area (Å²) in [7, 11) is 0. The van der Waals surface area contributed by atoms with Crippen molar-refractivity contribution in [3.05, 3.63) is 97.7 Å². The van der Waals surface area contributed by atoms with Crippen molar-refractivity contribution in [2.24, 2.45) is 11.8 Å². The minimum Gasteiger partial charge on any atom is -0.304 e. The van der Waals surface area contributed by atoms with Gasteiger partial charge >= 0.3 is 0 Å². The zero-order valence-corrected chi connectivity index (χ0v) is 29.3. The standard InChI is InChI=1S/C39H45F5N4O/c1-8-9-26-10-11-30(24(7)33(26)34(45)22(4)5)48-36(29(21(2)3)19-25-17-27(40)20-28(41)18-25)47-35-32(37(48)49)23(6)16-31(46-35)38(42)12-14-39(43,44)15-13-38/h10-11,16-18,20-22,29,45H,8-9,12-15,19H2,1-7H3. The second-order valence-electron chi connectivity index (χ2n) is 14.3. The molecule has 0 spiro atoms. The zero-order chi connectivity index (χ0) is 36.0. The summed E-state index contributed by atoms with van der Waals surface area (Å²) in [5.74, 6) is -4.96. The summed E-state index contributed by atoms with van der Waals surface area (Å²) in [5.41, 5.74) is 1.62. The highest BCUT2D eigenvalue weighted by molar-refractivity contribution is 6.02. The molecule has 2 aromatic carbocycles. The van der Waals surface area contributed by atoms with E-state index < -0.39 is 60.4 Å². The van der Waals surface area contributed by atoms with Crippen molar-refractivity contribution in [1.82, 2.24) is 14.5 Å². The molecule has 0 aliphatic heterocycles. The minimum atomic E-state index is -2.95. The van der Waals surface area contributed by atoms with Crippen molar-refractivity contribution in [3.8, 4) is 5.69 Å². The largest absolute Gasteiger partial charge is 0.304 e. The van der Waals surface area contributed by atoms with Gasteiger partial charge in [0.1, 0.15) is 17.5 Å². The first-order valence-electron chi connectivity index (χ1n) is 17.1. The smallest absolute Gasteiger partial charge is 0.267 e. The van der Waals surface area contributed by atoms with Crippen molar-refractivity contribution < 1.29 is 22.0 Å². The summed E-state index contributed by atoms with van der Waals surface area (Å²) in [4.78, 5) is 24.3. The van der Waals surface area contributed by atoms with Gasteiger partial charge in [0, 0.05) is 36.1 Å². The predicted molar refractivity (Wildman–Crippen MR) is 184 cm³/mol. The summed E-state index contributed by atoms with van der Waals surface area (Å²) in [6.07, 6.45) is -0.295. The molecule has 2 heterocycles. The molecule has 1 aliphatic rings. The van der Waals surface area contributed by atoms with Gasteiger partial charge in [0.25, 0.3) is 5.56 Å². The van der Waals surface area contributed by atoms with E-state index in [2.05, 4.69) is 11.9 Å². The first-order chi connectivity index (χ1) is 23.0. The minimum absolute atomic E-state index is 0.00733. The van der Waals surface area contributed by atoms with Crippen LogP contribution in [0.2, 0.25) is 0 Å². The van der Waals surface area contributed by atoms with Crippen molar-refractivity contribution in [1.29, 1.82) is 5.41 Å². The molecule has 0 radical (unpaired) electrons. The molecule has 10 heteroatoms. The zero-order valence-electron chi connectivity index (χ0n) is 29.3. The van der Waals surface area contributed by atoms with Crippen LogP contribution in [0.1, 0.15) is 112 Å². The predicted octanol–water partition coefficient (Wildman–Crippen LogP) is 10.0. The van der Waals surface area contributed by atoms with Gasteiger partial charge in [0.05, 0.1) is 16.8 Å². The summed E-state index contributed by atoms with van der Waals surface area (Å²) in [6.45, 7) is 13.3. The van der Waals surface area contributed by atoms with Crippen LogP contribution in [0.5, 0.6) is 0 Å². The maximum atomic E-state index is 16.3. The van der Waals surface area contributed by atoms with E-state index in [1.807, 2.05) is 46.8 Å². The second kappa shape index (κ2) is 13.8. The number of aryl methyl sites for hydroxylation is 2. The van der Waals surface area contributed by atoms with Crippen molar-refractivity contribution >= 4 is 16.7 Å². The van der Waals surface area contributed by atoms with E-state index in [4.69, 9.17) is 10.4 Å². The van der Waals surface area contributed by atoms with Crippen LogP contribution in [0.4, 0.5) is 22.0 Å². The molecule has 0 amide bonds. The number of halogens is 5. The Hall–Kier alpha value is -3.95. The highest BCUT2D eigenvalue weighted by atomic mass is 19.3. The van der Waals surface area contributed by atoms with E-state index in [1.54, 1.807) is 6.92 Å². The fraction of sp³-hybridized carbons (Fsp3) is 0.487. The highest BCUT2D eigenvalue weighted by Crippen LogP contribution is 2.46. The maximum absolute atomic E-state index is 16.3. The Kier molecular flexibility index (Phi) is 10.2. The van der Waals surface area contributed by atoms with Crippen LogP contribution in [0, 0.1) is 42.7 Å².